The second-order valence-electron chi connectivity index (χ2n) is 8.85. The molecule has 2 aromatic carbocycles. The molecule has 0 amide bonds. The molecule has 0 heterocycles. The molecule has 0 aliphatic heterocycles. The Labute approximate surface area is 174 Å². The third-order valence-electron chi connectivity index (χ3n) is 5.45. The highest BCUT2D eigenvalue weighted by Crippen LogP contribution is 2.26. The molecule has 2 nitrogen and oxygen atoms in total. The molecule has 4 heteroatoms. The van der Waals surface area contributed by atoms with Crippen LogP contribution in [0.2, 0.25) is 0 Å². The number of unbranched alkanes of at least 4 members (excludes halogenated alkanes) is 1. The van der Waals surface area contributed by atoms with Gasteiger partial charge in [-0.2, -0.15) is 0 Å². The molecule has 2 aromatic rings. The number of rotatable bonds is 10. The van der Waals surface area contributed by atoms with Crippen molar-refractivity contribution in [3.8, 4) is 0 Å². The molecule has 0 radical (unpaired) electrons. The average Bonchev–Trinajstić information content (AvgIpc) is 2.67. The number of aliphatic hydroxyl groups is 1. The molecule has 0 fully saturated rings. The summed E-state index contributed by atoms with van der Waals surface area (Å²) in [7, 11) is 0. The van der Waals surface area contributed by atoms with Crippen molar-refractivity contribution in [1.29, 1.82) is 0 Å². The zero-order valence-corrected chi connectivity index (χ0v) is 18.1. The van der Waals surface area contributed by atoms with Crippen LogP contribution in [-0.2, 0) is 11.8 Å². The van der Waals surface area contributed by atoms with Gasteiger partial charge in [0.2, 0.25) is 0 Å². The monoisotopic (exact) mass is 403 g/mol. The summed E-state index contributed by atoms with van der Waals surface area (Å²) in [6.45, 7) is 8.68. The highest BCUT2D eigenvalue weighted by atomic mass is 19.1. The molecular weight excluding hydrogens is 368 g/mol. The number of hydrogen-bond acceptors (Lipinski definition) is 2. The molecule has 0 saturated carbocycles. The van der Waals surface area contributed by atoms with Gasteiger partial charge in [0, 0.05) is 24.3 Å². The lowest BCUT2D eigenvalue weighted by atomic mass is 9.86. The third-order valence-corrected chi connectivity index (χ3v) is 5.45. The lowest BCUT2D eigenvalue weighted by Crippen LogP contribution is -2.35. The minimum atomic E-state index is -0.499. The first kappa shape index (κ1) is 23.5. The van der Waals surface area contributed by atoms with Crippen molar-refractivity contribution in [2.75, 3.05) is 6.61 Å². The van der Waals surface area contributed by atoms with Crippen LogP contribution in [0.5, 0.6) is 0 Å². The van der Waals surface area contributed by atoms with Gasteiger partial charge >= 0.3 is 0 Å². The predicted octanol–water partition coefficient (Wildman–Crippen LogP) is 6.08. The van der Waals surface area contributed by atoms with Crippen LogP contribution in [0, 0.1) is 11.6 Å². The van der Waals surface area contributed by atoms with Gasteiger partial charge in [0.05, 0.1) is 0 Å². The molecular formula is C25H35F2NO. The topological polar surface area (TPSA) is 32.3 Å². The van der Waals surface area contributed by atoms with E-state index in [1.165, 1.54) is 23.8 Å². The normalized spacial score (nSPS) is 14.0. The summed E-state index contributed by atoms with van der Waals surface area (Å²) in [4.78, 5) is 0. The molecule has 2 unspecified atom stereocenters. The maximum absolute atomic E-state index is 14.2. The van der Waals surface area contributed by atoms with Crippen LogP contribution >= 0.6 is 0 Å². The van der Waals surface area contributed by atoms with Gasteiger partial charge in [0.25, 0.3) is 0 Å². The van der Waals surface area contributed by atoms with Crippen LogP contribution in [0.1, 0.15) is 76.1 Å². The van der Waals surface area contributed by atoms with E-state index in [9.17, 15) is 13.9 Å². The van der Waals surface area contributed by atoms with Gasteiger partial charge in [-0.25, -0.2) is 8.78 Å². The van der Waals surface area contributed by atoms with E-state index < -0.39 is 11.6 Å². The second kappa shape index (κ2) is 10.8. The van der Waals surface area contributed by atoms with Crippen molar-refractivity contribution in [3.05, 3.63) is 70.8 Å². The molecule has 2 rings (SSSR count). The molecule has 0 aliphatic carbocycles. The van der Waals surface area contributed by atoms with Crippen molar-refractivity contribution in [3.63, 3.8) is 0 Å². The molecule has 0 saturated heterocycles. The fourth-order valence-corrected chi connectivity index (χ4v) is 3.64. The van der Waals surface area contributed by atoms with E-state index in [0.717, 1.165) is 24.8 Å². The average molecular weight is 404 g/mol. The van der Waals surface area contributed by atoms with E-state index in [0.29, 0.717) is 12.8 Å². The number of hydrogen-bond donors (Lipinski definition) is 2. The Morgan fingerprint density at radius 3 is 2.10 bits per heavy atom. The molecule has 29 heavy (non-hydrogen) atoms. The predicted molar refractivity (Wildman–Crippen MR) is 116 cm³/mol. The minimum absolute atomic E-state index is 0.0489. The Morgan fingerprint density at radius 1 is 0.966 bits per heavy atom. The van der Waals surface area contributed by atoms with Crippen LogP contribution in [0.25, 0.3) is 0 Å². The van der Waals surface area contributed by atoms with Crippen molar-refractivity contribution >= 4 is 0 Å². The zero-order chi connectivity index (χ0) is 21.4. The zero-order valence-electron chi connectivity index (χ0n) is 18.1. The third kappa shape index (κ3) is 6.90. The SMILES string of the molecule is CCCCC(Cc1c(F)cccc1F)NC(CCO)c1ccc(C(C)(C)C)cc1. The van der Waals surface area contributed by atoms with Crippen LogP contribution in [-0.4, -0.2) is 17.8 Å². The standard InChI is InChI=1S/C25H35F2NO/c1-5-6-8-20(17-21-22(26)9-7-10-23(21)27)28-24(15-16-29)18-11-13-19(14-12-18)25(2,3)4/h7,9-14,20,24,28-29H,5-6,8,15-17H2,1-4H3. The molecule has 2 atom stereocenters. The maximum atomic E-state index is 14.2. The van der Waals surface area contributed by atoms with Crippen LogP contribution < -0.4 is 5.32 Å². The van der Waals surface area contributed by atoms with E-state index in [1.54, 1.807) is 0 Å². The number of benzene rings is 2. The van der Waals surface area contributed by atoms with Crippen LogP contribution in [0.4, 0.5) is 8.78 Å². The van der Waals surface area contributed by atoms with Crippen LogP contribution in [0.3, 0.4) is 0 Å². The summed E-state index contributed by atoms with van der Waals surface area (Å²) >= 11 is 0. The Morgan fingerprint density at radius 2 is 1.59 bits per heavy atom. The highest BCUT2D eigenvalue weighted by molar-refractivity contribution is 5.29. The molecule has 0 spiro atoms. The summed E-state index contributed by atoms with van der Waals surface area (Å²) in [5.74, 6) is -0.997. The first-order chi connectivity index (χ1) is 13.8. The van der Waals surface area contributed by atoms with Gasteiger partial charge in [-0.1, -0.05) is 70.9 Å². The van der Waals surface area contributed by atoms with Gasteiger partial charge < -0.3 is 10.4 Å². The quantitative estimate of drug-likeness (QED) is 0.504. The summed E-state index contributed by atoms with van der Waals surface area (Å²) in [5, 5.41) is 13.2. The minimum Gasteiger partial charge on any atom is -0.396 e. The number of halogens is 2. The highest BCUT2D eigenvalue weighted by Gasteiger charge is 2.21. The molecule has 0 bridgehead atoms. The number of aliphatic hydroxyl groups excluding tert-OH is 1. The van der Waals surface area contributed by atoms with Gasteiger partial charge in [-0.05, 0) is 47.9 Å². The molecule has 0 aromatic heterocycles. The maximum Gasteiger partial charge on any atom is 0.129 e. The molecule has 0 aliphatic rings. The van der Waals surface area contributed by atoms with Gasteiger partial charge in [-0.3, -0.25) is 0 Å². The smallest absolute Gasteiger partial charge is 0.129 e. The van der Waals surface area contributed by atoms with E-state index in [4.69, 9.17) is 0 Å². The van der Waals surface area contributed by atoms with Gasteiger partial charge in [0.1, 0.15) is 11.6 Å². The first-order valence-corrected chi connectivity index (χ1v) is 10.7. The Kier molecular flexibility index (Phi) is 8.79. The first-order valence-electron chi connectivity index (χ1n) is 10.7. The molecule has 2 N–H and O–H groups in total. The Hall–Kier alpha value is -1.78. The lowest BCUT2D eigenvalue weighted by molar-refractivity contribution is 0.255. The van der Waals surface area contributed by atoms with E-state index >= 15 is 0 Å². The van der Waals surface area contributed by atoms with E-state index in [-0.39, 0.29) is 29.7 Å². The molecule has 160 valence electrons. The van der Waals surface area contributed by atoms with Crippen molar-refractivity contribution in [2.45, 2.75) is 77.3 Å². The summed E-state index contributed by atoms with van der Waals surface area (Å²) < 4.78 is 28.4. The summed E-state index contributed by atoms with van der Waals surface area (Å²) in [6.07, 6.45) is 3.66. The summed E-state index contributed by atoms with van der Waals surface area (Å²) in [5.41, 5.74) is 2.54. The fraction of sp³-hybridized carbons (Fsp3) is 0.520. The van der Waals surface area contributed by atoms with Crippen LogP contribution in [0.15, 0.2) is 42.5 Å². The number of nitrogens with one attached hydrogen (secondary N) is 1. The lowest BCUT2D eigenvalue weighted by Gasteiger charge is -2.27. The van der Waals surface area contributed by atoms with Crippen molar-refractivity contribution < 1.29 is 13.9 Å². The Bertz CT molecular complexity index is 732. The van der Waals surface area contributed by atoms with Crippen molar-refractivity contribution in [2.24, 2.45) is 0 Å². The largest absolute Gasteiger partial charge is 0.396 e. The summed E-state index contributed by atoms with van der Waals surface area (Å²) in [6, 6.07) is 12.3. The Balaban J connectivity index is 2.22. The van der Waals surface area contributed by atoms with Gasteiger partial charge in [0.15, 0.2) is 0 Å². The van der Waals surface area contributed by atoms with Crippen molar-refractivity contribution in [1.82, 2.24) is 5.32 Å². The fourth-order valence-electron chi connectivity index (χ4n) is 3.64. The van der Waals surface area contributed by atoms with E-state index in [2.05, 4.69) is 57.3 Å². The van der Waals surface area contributed by atoms with Gasteiger partial charge in [-0.15, -0.1) is 0 Å². The second-order valence-corrected chi connectivity index (χ2v) is 8.85. The van der Waals surface area contributed by atoms with E-state index in [1.807, 2.05) is 0 Å².